The van der Waals surface area contributed by atoms with E-state index in [1.165, 1.54) is 5.56 Å². The highest BCUT2D eigenvalue weighted by Gasteiger charge is 2.07. The van der Waals surface area contributed by atoms with Crippen LogP contribution < -0.4 is 11.1 Å². The molecule has 19 heavy (non-hydrogen) atoms. The fourth-order valence-electron chi connectivity index (χ4n) is 1.85. The van der Waals surface area contributed by atoms with Gasteiger partial charge in [-0.05, 0) is 30.0 Å². The molecule has 0 heterocycles. The number of primary amides is 1. The average Bonchev–Trinajstić information content (AvgIpc) is 2.37. The van der Waals surface area contributed by atoms with E-state index in [4.69, 9.17) is 5.73 Å². The zero-order valence-electron chi connectivity index (χ0n) is 11.7. The molecule has 0 saturated heterocycles. The first-order valence-corrected chi connectivity index (χ1v) is 6.77. The molecule has 1 rings (SSSR count). The van der Waals surface area contributed by atoms with E-state index in [1.807, 2.05) is 12.1 Å². The summed E-state index contributed by atoms with van der Waals surface area (Å²) in [6.45, 7) is 5.46. The molecule has 0 radical (unpaired) electrons. The van der Waals surface area contributed by atoms with E-state index in [0.29, 0.717) is 31.8 Å². The summed E-state index contributed by atoms with van der Waals surface area (Å²) in [6.07, 6.45) is 0.565. The largest absolute Gasteiger partial charge is 0.387 e. The third-order valence-electron chi connectivity index (χ3n) is 3.10. The summed E-state index contributed by atoms with van der Waals surface area (Å²) in [7, 11) is 0. The van der Waals surface area contributed by atoms with Gasteiger partial charge in [-0.3, -0.25) is 4.79 Å². The highest BCUT2D eigenvalue weighted by molar-refractivity contribution is 5.73. The van der Waals surface area contributed by atoms with Crippen LogP contribution in [0.15, 0.2) is 24.3 Å². The number of benzene rings is 1. The third kappa shape index (κ3) is 5.85. The molecule has 0 aliphatic heterocycles. The lowest BCUT2D eigenvalue weighted by Crippen LogP contribution is -2.23. The Morgan fingerprint density at radius 3 is 2.37 bits per heavy atom. The second kappa shape index (κ2) is 7.92. The number of hydrogen-bond donors (Lipinski definition) is 3. The molecule has 0 aromatic heterocycles. The van der Waals surface area contributed by atoms with Crippen LogP contribution in [0.4, 0.5) is 0 Å². The quantitative estimate of drug-likeness (QED) is 0.626. The lowest BCUT2D eigenvalue weighted by Gasteiger charge is -2.13. The van der Waals surface area contributed by atoms with Crippen molar-refractivity contribution < 1.29 is 9.90 Å². The minimum Gasteiger partial charge on any atom is -0.387 e. The number of amides is 1. The van der Waals surface area contributed by atoms with E-state index in [9.17, 15) is 9.90 Å². The predicted octanol–water partition coefficient (Wildman–Crippen LogP) is 1.70. The van der Waals surface area contributed by atoms with E-state index in [0.717, 1.165) is 5.56 Å². The van der Waals surface area contributed by atoms with Crippen LogP contribution in [-0.4, -0.2) is 24.1 Å². The number of nitrogens with two attached hydrogens (primary N) is 1. The minimum absolute atomic E-state index is 0.286. The van der Waals surface area contributed by atoms with Gasteiger partial charge >= 0.3 is 0 Å². The van der Waals surface area contributed by atoms with Crippen LogP contribution in [0, 0.1) is 0 Å². The smallest absolute Gasteiger partial charge is 0.217 e. The van der Waals surface area contributed by atoms with E-state index < -0.39 is 6.10 Å². The van der Waals surface area contributed by atoms with Gasteiger partial charge in [0.25, 0.3) is 0 Å². The molecular weight excluding hydrogens is 240 g/mol. The second-order valence-electron chi connectivity index (χ2n) is 5.11. The summed E-state index contributed by atoms with van der Waals surface area (Å²) < 4.78 is 0. The lowest BCUT2D eigenvalue weighted by atomic mass is 10.00. The van der Waals surface area contributed by atoms with Crippen molar-refractivity contribution in [2.24, 2.45) is 5.73 Å². The third-order valence-corrected chi connectivity index (χ3v) is 3.10. The predicted molar refractivity (Wildman–Crippen MR) is 76.8 cm³/mol. The summed E-state index contributed by atoms with van der Waals surface area (Å²) in [5, 5.41) is 13.1. The van der Waals surface area contributed by atoms with Crippen LogP contribution in [0.5, 0.6) is 0 Å². The van der Waals surface area contributed by atoms with Crippen LogP contribution in [0.25, 0.3) is 0 Å². The van der Waals surface area contributed by atoms with E-state index >= 15 is 0 Å². The Hall–Kier alpha value is -1.39. The van der Waals surface area contributed by atoms with Crippen molar-refractivity contribution in [3.05, 3.63) is 35.4 Å². The molecule has 0 aliphatic carbocycles. The Balaban J connectivity index is 2.32. The van der Waals surface area contributed by atoms with E-state index in [2.05, 4.69) is 31.3 Å². The lowest BCUT2D eigenvalue weighted by molar-refractivity contribution is -0.118. The molecule has 4 heteroatoms. The minimum atomic E-state index is -0.519. The first-order valence-electron chi connectivity index (χ1n) is 6.77. The Morgan fingerprint density at radius 1 is 1.26 bits per heavy atom. The number of aliphatic hydroxyl groups is 1. The number of hydrogen-bond acceptors (Lipinski definition) is 3. The zero-order valence-corrected chi connectivity index (χ0v) is 11.7. The maximum atomic E-state index is 10.5. The summed E-state index contributed by atoms with van der Waals surface area (Å²) in [5.41, 5.74) is 7.23. The van der Waals surface area contributed by atoms with Crippen molar-refractivity contribution in [2.75, 3.05) is 13.1 Å². The first kappa shape index (κ1) is 15.7. The molecule has 1 aromatic carbocycles. The highest BCUT2D eigenvalue weighted by Crippen LogP contribution is 2.18. The summed E-state index contributed by atoms with van der Waals surface area (Å²) in [6, 6.07) is 8.03. The fraction of sp³-hybridized carbons (Fsp3) is 0.533. The Kier molecular flexibility index (Phi) is 6.53. The molecule has 1 atom stereocenters. The molecule has 106 valence electrons. The number of rotatable bonds is 8. The van der Waals surface area contributed by atoms with Crippen molar-refractivity contribution in [1.29, 1.82) is 0 Å². The fourth-order valence-corrected chi connectivity index (χ4v) is 1.85. The topological polar surface area (TPSA) is 75.3 Å². The number of nitrogens with one attached hydrogen (secondary N) is 1. The molecule has 1 aromatic rings. The van der Waals surface area contributed by atoms with Crippen LogP contribution in [0.3, 0.4) is 0 Å². The zero-order chi connectivity index (χ0) is 14.3. The molecule has 0 aliphatic rings. The van der Waals surface area contributed by atoms with Gasteiger partial charge < -0.3 is 16.2 Å². The van der Waals surface area contributed by atoms with Crippen molar-refractivity contribution in [1.82, 2.24) is 5.32 Å². The van der Waals surface area contributed by atoms with Gasteiger partial charge in [0.2, 0.25) is 5.91 Å². The van der Waals surface area contributed by atoms with Gasteiger partial charge in [-0.15, -0.1) is 0 Å². The molecule has 0 saturated carbocycles. The SMILES string of the molecule is CC(C)c1ccc(C(O)CNCCCC(N)=O)cc1. The van der Waals surface area contributed by atoms with Gasteiger partial charge in [0.15, 0.2) is 0 Å². The highest BCUT2D eigenvalue weighted by atomic mass is 16.3. The maximum Gasteiger partial charge on any atom is 0.217 e. The van der Waals surface area contributed by atoms with Gasteiger partial charge in [-0.2, -0.15) is 0 Å². The molecule has 4 N–H and O–H groups in total. The number of carbonyl (C=O) groups is 1. The Labute approximate surface area is 115 Å². The molecule has 0 bridgehead atoms. The normalized spacial score (nSPS) is 12.6. The van der Waals surface area contributed by atoms with Gasteiger partial charge in [0, 0.05) is 13.0 Å². The molecule has 0 spiro atoms. The molecule has 0 fully saturated rings. The summed E-state index contributed by atoms with van der Waals surface area (Å²) in [4.78, 5) is 10.5. The van der Waals surface area contributed by atoms with Crippen molar-refractivity contribution in [3.8, 4) is 0 Å². The monoisotopic (exact) mass is 264 g/mol. The standard InChI is InChI=1S/C15H24N2O2/c1-11(2)12-5-7-13(8-6-12)14(18)10-17-9-3-4-15(16)19/h5-8,11,14,17-18H,3-4,9-10H2,1-2H3,(H2,16,19). The number of aliphatic hydroxyl groups excluding tert-OH is 1. The maximum absolute atomic E-state index is 10.5. The van der Waals surface area contributed by atoms with Crippen molar-refractivity contribution in [3.63, 3.8) is 0 Å². The van der Waals surface area contributed by atoms with Crippen molar-refractivity contribution >= 4 is 5.91 Å². The van der Waals surface area contributed by atoms with Crippen LogP contribution >= 0.6 is 0 Å². The van der Waals surface area contributed by atoms with Crippen LogP contribution in [-0.2, 0) is 4.79 Å². The Morgan fingerprint density at radius 2 is 1.84 bits per heavy atom. The molecule has 1 amide bonds. The van der Waals surface area contributed by atoms with Gasteiger partial charge in [0.05, 0.1) is 6.10 Å². The number of carbonyl (C=O) groups excluding carboxylic acids is 1. The van der Waals surface area contributed by atoms with Gasteiger partial charge in [0.1, 0.15) is 0 Å². The van der Waals surface area contributed by atoms with Gasteiger partial charge in [-0.1, -0.05) is 38.1 Å². The summed E-state index contributed by atoms with van der Waals surface area (Å²) in [5.74, 6) is 0.213. The Bertz CT molecular complexity index is 388. The van der Waals surface area contributed by atoms with Crippen molar-refractivity contribution in [2.45, 2.75) is 38.7 Å². The van der Waals surface area contributed by atoms with Gasteiger partial charge in [-0.25, -0.2) is 0 Å². The molecule has 4 nitrogen and oxygen atoms in total. The summed E-state index contributed by atoms with van der Waals surface area (Å²) >= 11 is 0. The van der Waals surface area contributed by atoms with Crippen LogP contribution in [0.1, 0.15) is 49.8 Å². The molecular formula is C15H24N2O2. The van der Waals surface area contributed by atoms with Crippen LogP contribution in [0.2, 0.25) is 0 Å². The second-order valence-corrected chi connectivity index (χ2v) is 5.11. The van der Waals surface area contributed by atoms with E-state index in [-0.39, 0.29) is 5.91 Å². The first-order chi connectivity index (χ1) is 9.00. The molecule has 1 unspecified atom stereocenters. The average molecular weight is 264 g/mol. The van der Waals surface area contributed by atoms with E-state index in [1.54, 1.807) is 0 Å².